The molecule has 1 atom stereocenters. The summed E-state index contributed by atoms with van der Waals surface area (Å²) in [5.41, 5.74) is 6.29. The van der Waals surface area contributed by atoms with E-state index in [1.165, 1.54) is 25.7 Å². The normalized spacial score (nSPS) is 16.4. The number of thiocarbonyl (C=S) groups is 1. The van der Waals surface area contributed by atoms with Crippen molar-refractivity contribution < 1.29 is 9.53 Å². The van der Waals surface area contributed by atoms with Crippen LogP contribution in [0.25, 0.3) is 0 Å². The Hall–Kier alpha value is -1.62. The number of rotatable bonds is 6. The van der Waals surface area contributed by atoms with Crippen molar-refractivity contribution in [2.45, 2.75) is 38.6 Å². The summed E-state index contributed by atoms with van der Waals surface area (Å²) < 4.78 is 5.54. The first-order chi connectivity index (χ1) is 10.1. The van der Waals surface area contributed by atoms with Gasteiger partial charge in [-0.25, -0.2) is 0 Å². The highest BCUT2D eigenvalue weighted by Gasteiger charge is 2.22. The zero-order chi connectivity index (χ0) is 15.2. The molecule has 21 heavy (non-hydrogen) atoms. The first-order valence-electron chi connectivity index (χ1n) is 7.39. The number of ether oxygens (including phenoxy) is 1. The fourth-order valence-corrected chi connectivity index (χ4v) is 2.98. The molecule has 1 unspecified atom stereocenters. The Balaban J connectivity index is 1.85. The van der Waals surface area contributed by atoms with Crippen molar-refractivity contribution in [3.8, 4) is 5.75 Å². The number of para-hydroxylation sites is 1. The lowest BCUT2D eigenvalue weighted by molar-refractivity contribution is -0.124. The van der Waals surface area contributed by atoms with E-state index in [4.69, 9.17) is 22.7 Å². The van der Waals surface area contributed by atoms with Crippen molar-refractivity contribution in [2.75, 3.05) is 6.61 Å². The molecule has 2 rings (SSSR count). The molecular formula is C16H22N2O2S. The molecule has 0 aliphatic heterocycles. The minimum atomic E-state index is -0.104. The minimum Gasteiger partial charge on any atom is -0.483 e. The molecule has 5 heteroatoms. The molecule has 1 fully saturated rings. The maximum Gasteiger partial charge on any atom is 0.258 e. The second-order valence-electron chi connectivity index (χ2n) is 5.55. The topological polar surface area (TPSA) is 64.3 Å². The zero-order valence-corrected chi connectivity index (χ0v) is 13.1. The highest BCUT2D eigenvalue weighted by molar-refractivity contribution is 7.80. The van der Waals surface area contributed by atoms with Crippen molar-refractivity contribution >= 4 is 23.1 Å². The van der Waals surface area contributed by atoms with E-state index in [1.807, 2.05) is 12.1 Å². The summed E-state index contributed by atoms with van der Waals surface area (Å²) in [4.78, 5) is 12.2. The van der Waals surface area contributed by atoms with Gasteiger partial charge < -0.3 is 15.8 Å². The molecule has 4 nitrogen and oxygen atoms in total. The van der Waals surface area contributed by atoms with Crippen LogP contribution in [-0.2, 0) is 4.79 Å². The van der Waals surface area contributed by atoms with Gasteiger partial charge in [0.25, 0.3) is 5.91 Å². The van der Waals surface area contributed by atoms with E-state index in [1.54, 1.807) is 12.1 Å². The van der Waals surface area contributed by atoms with Gasteiger partial charge >= 0.3 is 0 Å². The van der Waals surface area contributed by atoms with Gasteiger partial charge in [-0.2, -0.15) is 0 Å². The van der Waals surface area contributed by atoms with E-state index in [2.05, 4.69) is 12.2 Å². The van der Waals surface area contributed by atoms with Crippen LogP contribution in [0.3, 0.4) is 0 Å². The van der Waals surface area contributed by atoms with Gasteiger partial charge in [0.1, 0.15) is 10.7 Å². The number of hydrogen-bond donors (Lipinski definition) is 2. The number of carbonyl (C=O) groups is 1. The third kappa shape index (κ3) is 4.43. The van der Waals surface area contributed by atoms with Crippen molar-refractivity contribution in [3.05, 3.63) is 29.8 Å². The lowest BCUT2D eigenvalue weighted by Crippen LogP contribution is -2.39. The molecular weight excluding hydrogens is 284 g/mol. The number of benzene rings is 1. The van der Waals surface area contributed by atoms with Crippen molar-refractivity contribution in [2.24, 2.45) is 11.7 Å². The number of nitrogens with two attached hydrogens (primary N) is 1. The summed E-state index contributed by atoms with van der Waals surface area (Å²) in [5, 5.41) is 3.01. The third-order valence-corrected chi connectivity index (χ3v) is 4.23. The second-order valence-corrected chi connectivity index (χ2v) is 5.99. The average Bonchev–Trinajstić information content (AvgIpc) is 2.99. The van der Waals surface area contributed by atoms with Crippen LogP contribution in [0.1, 0.15) is 38.2 Å². The van der Waals surface area contributed by atoms with Gasteiger partial charge in [-0.15, -0.1) is 0 Å². The first kappa shape index (κ1) is 15.8. The predicted octanol–water partition coefficient (Wildman–Crippen LogP) is 2.39. The fraction of sp³-hybridized carbons (Fsp3) is 0.500. The van der Waals surface area contributed by atoms with Gasteiger partial charge in [0, 0.05) is 6.04 Å². The van der Waals surface area contributed by atoms with Crippen molar-refractivity contribution in [1.82, 2.24) is 5.32 Å². The molecule has 3 N–H and O–H groups in total. The molecule has 1 aliphatic carbocycles. The van der Waals surface area contributed by atoms with Crippen LogP contribution < -0.4 is 15.8 Å². The van der Waals surface area contributed by atoms with E-state index >= 15 is 0 Å². The predicted molar refractivity (Wildman–Crippen MR) is 87.4 cm³/mol. The second kappa shape index (κ2) is 7.41. The van der Waals surface area contributed by atoms with E-state index in [0.29, 0.717) is 17.2 Å². The Labute approximate surface area is 131 Å². The summed E-state index contributed by atoms with van der Waals surface area (Å²) in [6.45, 7) is 2.05. The Morgan fingerprint density at radius 1 is 1.43 bits per heavy atom. The maximum absolute atomic E-state index is 12.0. The van der Waals surface area contributed by atoms with Crippen LogP contribution in [0.4, 0.5) is 0 Å². The smallest absolute Gasteiger partial charge is 0.258 e. The van der Waals surface area contributed by atoms with Gasteiger partial charge in [-0.1, -0.05) is 37.2 Å². The highest BCUT2D eigenvalue weighted by atomic mass is 32.1. The van der Waals surface area contributed by atoms with E-state index < -0.39 is 0 Å². The quantitative estimate of drug-likeness (QED) is 0.792. The molecule has 1 aromatic carbocycles. The maximum atomic E-state index is 12.0. The monoisotopic (exact) mass is 306 g/mol. The first-order valence-corrected chi connectivity index (χ1v) is 7.79. The Morgan fingerprint density at radius 3 is 2.76 bits per heavy atom. The Bertz CT molecular complexity index is 513. The zero-order valence-electron chi connectivity index (χ0n) is 12.3. The van der Waals surface area contributed by atoms with Crippen LogP contribution >= 0.6 is 12.2 Å². The molecule has 1 aromatic rings. The lowest BCUT2D eigenvalue weighted by Gasteiger charge is -2.20. The summed E-state index contributed by atoms with van der Waals surface area (Å²) in [7, 11) is 0. The van der Waals surface area contributed by atoms with Crippen LogP contribution in [0.5, 0.6) is 5.75 Å². The molecule has 0 heterocycles. The molecule has 1 aliphatic rings. The number of nitrogens with one attached hydrogen (secondary N) is 1. The highest BCUT2D eigenvalue weighted by Crippen LogP contribution is 2.27. The molecule has 0 saturated heterocycles. The van der Waals surface area contributed by atoms with E-state index in [9.17, 15) is 4.79 Å². The molecule has 0 spiro atoms. The van der Waals surface area contributed by atoms with Gasteiger partial charge in [0.05, 0.1) is 5.56 Å². The van der Waals surface area contributed by atoms with E-state index in [-0.39, 0.29) is 23.5 Å². The largest absolute Gasteiger partial charge is 0.483 e. The summed E-state index contributed by atoms with van der Waals surface area (Å²) >= 11 is 4.97. The van der Waals surface area contributed by atoms with E-state index in [0.717, 1.165) is 0 Å². The molecule has 0 aromatic heterocycles. The summed E-state index contributed by atoms with van der Waals surface area (Å²) in [6, 6.07) is 7.42. The van der Waals surface area contributed by atoms with Crippen LogP contribution in [-0.4, -0.2) is 23.5 Å². The Morgan fingerprint density at radius 2 is 2.10 bits per heavy atom. The molecule has 114 valence electrons. The number of hydrogen-bond acceptors (Lipinski definition) is 3. The van der Waals surface area contributed by atoms with Gasteiger partial charge in [0.15, 0.2) is 6.61 Å². The van der Waals surface area contributed by atoms with Crippen LogP contribution in [0.15, 0.2) is 24.3 Å². The third-order valence-electron chi connectivity index (χ3n) is 4.01. The fourth-order valence-electron chi connectivity index (χ4n) is 2.81. The average molecular weight is 306 g/mol. The van der Waals surface area contributed by atoms with Crippen molar-refractivity contribution in [1.29, 1.82) is 0 Å². The lowest BCUT2D eigenvalue weighted by atomic mass is 10.00. The van der Waals surface area contributed by atoms with Crippen LogP contribution in [0.2, 0.25) is 0 Å². The van der Waals surface area contributed by atoms with Crippen LogP contribution in [0, 0.1) is 5.92 Å². The standard InChI is InChI=1S/C16H22N2O2S/c1-11(12-6-2-3-7-12)18-15(19)10-20-14-9-5-4-8-13(14)16(17)21/h4-5,8-9,11-12H,2-3,6-7,10H2,1H3,(H2,17,21)(H,18,19). The van der Waals surface area contributed by atoms with Gasteiger partial charge in [-0.05, 0) is 37.8 Å². The summed E-state index contributed by atoms with van der Waals surface area (Å²) in [5.74, 6) is 1.04. The molecule has 1 saturated carbocycles. The number of carbonyl (C=O) groups excluding carboxylic acids is 1. The molecule has 0 radical (unpaired) electrons. The van der Waals surface area contributed by atoms with Gasteiger partial charge in [-0.3, -0.25) is 4.79 Å². The summed E-state index contributed by atoms with van der Waals surface area (Å²) in [6.07, 6.45) is 4.94. The Kier molecular flexibility index (Phi) is 5.56. The van der Waals surface area contributed by atoms with Gasteiger partial charge in [0.2, 0.25) is 0 Å². The van der Waals surface area contributed by atoms with Crippen molar-refractivity contribution in [3.63, 3.8) is 0 Å². The SMILES string of the molecule is CC(NC(=O)COc1ccccc1C(N)=S)C1CCCC1. The minimum absolute atomic E-state index is 0.0172. The number of amides is 1. The molecule has 0 bridgehead atoms. The molecule has 1 amide bonds.